The molecule has 0 saturated carbocycles. The van der Waals surface area contributed by atoms with E-state index in [4.69, 9.17) is 4.74 Å². The number of rotatable bonds is 2. The molecule has 2 atom stereocenters. The Bertz CT molecular complexity index is 541. The van der Waals surface area contributed by atoms with Gasteiger partial charge in [0.15, 0.2) is 0 Å². The second kappa shape index (κ2) is 5.64. The number of hydrogen-bond donors (Lipinski definition) is 2. The maximum atomic E-state index is 13.4. The molecule has 5 heteroatoms. The van der Waals surface area contributed by atoms with Crippen LogP contribution in [0, 0.1) is 5.82 Å². The van der Waals surface area contributed by atoms with Crippen molar-refractivity contribution in [2.45, 2.75) is 44.2 Å². The Balaban J connectivity index is 1.68. The molecule has 114 valence electrons. The van der Waals surface area contributed by atoms with Crippen LogP contribution in [-0.4, -0.2) is 24.8 Å². The molecule has 2 N–H and O–H groups in total. The number of fused-ring (bicyclic) bond motifs is 1. The predicted octanol–water partition coefficient (Wildman–Crippen LogP) is 2.68. The Morgan fingerprint density at radius 2 is 2.33 bits per heavy atom. The summed E-state index contributed by atoms with van der Waals surface area (Å²) in [6.45, 7) is 3.19. The first-order chi connectivity index (χ1) is 10.1. The van der Waals surface area contributed by atoms with E-state index < -0.39 is 0 Å². The van der Waals surface area contributed by atoms with Crippen LogP contribution in [0.5, 0.6) is 0 Å². The van der Waals surface area contributed by atoms with Gasteiger partial charge in [-0.2, -0.15) is 0 Å². The van der Waals surface area contributed by atoms with E-state index in [0.29, 0.717) is 13.2 Å². The normalized spacial score (nSPS) is 28.0. The van der Waals surface area contributed by atoms with Gasteiger partial charge in [0.2, 0.25) is 0 Å². The summed E-state index contributed by atoms with van der Waals surface area (Å²) in [6.07, 6.45) is 3.61. The molecule has 21 heavy (non-hydrogen) atoms. The smallest absolute Gasteiger partial charge is 0.315 e. The number of hydrogen-bond acceptors (Lipinski definition) is 2. The van der Waals surface area contributed by atoms with Gasteiger partial charge in [-0.25, -0.2) is 9.18 Å². The summed E-state index contributed by atoms with van der Waals surface area (Å²) in [7, 11) is 0. The van der Waals surface area contributed by atoms with Gasteiger partial charge in [0.05, 0.1) is 18.2 Å². The van der Waals surface area contributed by atoms with E-state index in [2.05, 4.69) is 10.6 Å². The van der Waals surface area contributed by atoms with Crippen LogP contribution in [0.1, 0.15) is 43.4 Å². The zero-order valence-electron chi connectivity index (χ0n) is 12.2. The van der Waals surface area contributed by atoms with Crippen LogP contribution in [0.4, 0.5) is 9.18 Å². The number of ether oxygens (including phenoxy) is 1. The van der Waals surface area contributed by atoms with Crippen molar-refractivity contribution in [1.82, 2.24) is 10.6 Å². The van der Waals surface area contributed by atoms with E-state index in [9.17, 15) is 9.18 Å². The van der Waals surface area contributed by atoms with Crippen LogP contribution < -0.4 is 10.6 Å². The van der Waals surface area contributed by atoms with Crippen molar-refractivity contribution in [2.75, 3.05) is 13.2 Å². The monoisotopic (exact) mass is 292 g/mol. The number of benzene rings is 1. The lowest BCUT2D eigenvalue weighted by atomic mass is 9.87. The fourth-order valence-corrected chi connectivity index (χ4v) is 3.15. The Kier molecular flexibility index (Phi) is 3.85. The summed E-state index contributed by atoms with van der Waals surface area (Å²) in [6, 6.07) is 4.53. The van der Waals surface area contributed by atoms with Crippen molar-refractivity contribution in [3.05, 3.63) is 35.1 Å². The molecule has 0 radical (unpaired) electrons. The van der Waals surface area contributed by atoms with E-state index in [1.807, 2.05) is 13.0 Å². The van der Waals surface area contributed by atoms with Crippen LogP contribution in [0.3, 0.4) is 0 Å². The molecular weight excluding hydrogens is 271 g/mol. The van der Waals surface area contributed by atoms with Gasteiger partial charge >= 0.3 is 6.03 Å². The molecule has 0 bridgehead atoms. The maximum absolute atomic E-state index is 13.4. The zero-order valence-corrected chi connectivity index (χ0v) is 12.2. The summed E-state index contributed by atoms with van der Waals surface area (Å²) in [5.74, 6) is -0.251. The van der Waals surface area contributed by atoms with E-state index >= 15 is 0 Å². The second-order valence-electron chi connectivity index (χ2n) is 6.25. The summed E-state index contributed by atoms with van der Waals surface area (Å²) in [5.41, 5.74) is 1.73. The molecule has 0 aromatic heterocycles. The second-order valence-corrected chi connectivity index (χ2v) is 6.25. The van der Waals surface area contributed by atoms with Crippen molar-refractivity contribution in [2.24, 2.45) is 0 Å². The van der Waals surface area contributed by atoms with Gasteiger partial charge in [-0.1, -0.05) is 6.07 Å². The van der Waals surface area contributed by atoms with E-state index in [1.165, 1.54) is 6.07 Å². The Morgan fingerprint density at radius 1 is 1.48 bits per heavy atom. The number of halogens is 1. The summed E-state index contributed by atoms with van der Waals surface area (Å²) >= 11 is 0. The lowest BCUT2D eigenvalue weighted by Crippen LogP contribution is -2.51. The maximum Gasteiger partial charge on any atom is 0.315 e. The van der Waals surface area contributed by atoms with Crippen molar-refractivity contribution in [3.63, 3.8) is 0 Å². The standard InChI is InChI=1S/C16H21FN2O2/c1-16(7-8-21-10-16)19-15(20)18-14-4-2-3-11-5-6-12(17)9-13(11)14/h5-6,9,14H,2-4,7-8,10H2,1H3,(H2,18,19,20). The highest BCUT2D eigenvalue weighted by molar-refractivity contribution is 5.75. The number of carbonyl (C=O) groups is 1. The van der Waals surface area contributed by atoms with Crippen LogP contribution in [0.15, 0.2) is 18.2 Å². The van der Waals surface area contributed by atoms with Gasteiger partial charge in [0, 0.05) is 6.61 Å². The van der Waals surface area contributed by atoms with Crippen LogP contribution in [0.2, 0.25) is 0 Å². The quantitative estimate of drug-likeness (QED) is 0.880. The zero-order chi connectivity index (χ0) is 14.9. The van der Waals surface area contributed by atoms with Gasteiger partial charge in [-0.15, -0.1) is 0 Å². The lowest BCUT2D eigenvalue weighted by molar-refractivity contribution is 0.169. The minimum absolute atomic E-state index is 0.115. The van der Waals surface area contributed by atoms with Gasteiger partial charge < -0.3 is 15.4 Å². The summed E-state index contributed by atoms with van der Waals surface area (Å²) in [5, 5.41) is 5.96. The molecule has 1 fully saturated rings. The van der Waals surface area contributed by atoms with Gasteiger partial charge in [0.25, 0.3) is 0 Å². The predicted molar refractivity (Wildman–Crippen MR) is 77.6 cm³/mol. The summed E-state index contributed by atoms with van der Waals surface area (Å²) in [4.78, 5) is 12.2. The largest absolute Gasteiger partial charge is 0.379 e. The molecule has 1 aromatic carbocycles. The molecule has 2 amide bonds. The number of aryl methyl sites for hydroxylation is 1. The highest BCUT2D eigenvalue weighted by atomic mass is 19.1. The van der Waals surface area contributed by atoms with Crippen molar-refractivity contribution in [3.8, 4) is 0 Å². The molecule has 1 aromatic rings. The van der Waals surface area contributed by atoms with E-state index in [0.717, 1.165) is 36.8 Å². The average Bonchev–Trinajstić information content (AvgIpc) is 2.85. The minimum atomic E-state index is -0.302. The van der Waals surface area contributed by atoms with E-state index in [-0.39, 0.29) is 23.4 Å². The molecule has 1 saturated heterocycles. The third kappa shape index (κ3) is 3.18. The number of nitrogens with one attached hydrogen (secondary N) is 2. The molecule has 2 aliphatic rings. The Hall–Kier alpha value is -1.62. The molecule has 3 rings (SSSR count). The highest BCUT2D eigenvalue weighted by Crippen LogP contribution is 2.30. The topological polar surface area (TPSA) is 50.4 Å². The molecule has 4 nitrogen and oxygen atoms in total. The molecule has 1 aliphatic carbocycles. The van der Waals surface area contributed by atoms with Crippen molar-refractivity contribution < 1.29 is 13.9 Å². The Labute approximate surface area is 124 Å². The van der Waals surface area contributed by atoms with Gasteiger partial charge in [-0.3, -0.25) is 0 Å². The molecule has 0 spiro atoms. The van der Waals surface area contributed by atoms with Gasteiger partial charge in [-0.05, 0) is 55.9 Å². The lowest BCUT2D eigenvalue weighted by Gasteiger charge is -2.29. The molecule has 1 heterocycles. The van der Waals surface area contributed by atoms with Crippen molar-refractivity contribution in [1.29, 1.82) is 0 Å². The first-order valence-corrected chi connectivity index (χ1v) is 7.50. The number of amides is 2. The van der Waals surface area contributed by atoms with Gasteiger partial charge in [0.1, 0.15) is 5.82 Å². The summed E-state index contributed by atoms with van der Waals surface area (Å²) < 4.78 is 18.8. The van der Waals surface area contributed by atoms with E-state index in [1.54, 1.807) is 6.07 Å². The fraction of sp³-hybridized carbons (Fsp3) is 0.562. The van der Waals surface area contributed by atoms with Crippen LogP contribution >= 0.6 is 0 Å². The molecule has 1 aliphatic heterocycles. The van der Waals surface area contributed by atoms with Crippen LogP contribution in [0.25, 0.3) is 0 Å². The fourth-order valence-electron chi connectivity index (χ4n) is 3.15. The highest BCUT2D eigenvalue weighted by Gasteiger charge is 2.32. The molecular formula is C16H21FN2O2. The number of carbonyl (C=O) groups excluding carboxylic acids is 1. The molecule has 2 unspecified atom stereocenters. The minimum Gasteiger partial charge on any atom is -0.379 e. The third-order valence-corrected chi connectivity index (χ3v) is 4.36. The number of urea groups is 1. The average molecular weight is 292 g/mol. The van der Waals surface area contributed by atoms with Crippen molar-refractivity contribution >= 4 is 6.03 Å². The Morgan fingerprint density at radius 3 is 3.10 bits per heavy atom. The first-order valence-electron chi connectivity index (χ1n) is 7.50. The van der Waals surface area contributed by atoms with Crippen LogP contribution in [-0.2, 0) is 11.2 Å². The SMILES string of the molecule is CC1(NC(=O)NC2CCCc3ccc(F)cc32)CCOC1. The first kappa shape index (κ1) is 14.3. The third-order valence-electron chi connectivity index (χ3n) is 4.36.